The van der Waals surface area contributed by atoms with Gasteiger partial charge in [0, 0.05) is 31.5 Å². The number of benzene rings is 1. The summed E-state index contributed by atoms with van der Waals surface area (Å²) >= 11 is 1.49. The summed E-state index contributed by atoms with van der Waals surface area (Å²) < 4.78 is 2.24. The molecule has 0 bridgehead atoms. The van der Waals surface area contributed by atoms with Gasteiger partial charge < -0.3 is 14.8 Å². The smallest absolute Gasteiger partial charge is 0.237 e. The lowest BCUT2D eigenvalue weighted by Gasteiger charge is -2.25. The summed E-state index contributed by atoms with van der Waals surface area (Å²) in [5.74, 6) is 0.921. The molecule has 1 fully saturated rings. The largest absolute Gasteiger partial charge is 0.378 e. The fourth-order valence-corrected chi connectivity index (χ4v) is 4.45. The number of anilines is 2. The Kier molecular flexibility index (Phi) is 6.42. The Bertz CT molecular complexity index is 765. The first-order chi connectivity index (χ1) is 13.0. The molecule has 3 rings (SSSR count). The van der Waals surface area contributed by atoms with Gasteiger partial charge in [0.1, 0.15) is 5.82 Å². The zero-order chi connectivity index (χ0) is 19.4. The number of nitrogens with one attached hydrogen (secondary N) is 1. The SMILES string of the molecule is Cc1nnc(SC(C)C(=O)Nc2ccc(N(C)C)cc2)n1C1CCCCC1. The molecule has 146 valence electrons. The van der Waals surface area contributed by atoms with Crippen molar-refractivity contribution in [3.8, 4) is 0 Å². The van der Waals surface area contributed by atoms with E-state index in [1.165, 1.54) is 43.9 Å². The molecule has 1 unspecified atom stereocenters. The second kappa shape index (κ2) is 8.78. The first-order valence-corrected chi connectivity index (χ1v) is 10.5. The molecule has 0 radical (unpaired) electrons. The highest BCUT2D eigenvalue weighted by Gasteiger charge is 2.24. The molecular formula is C20H29N5OS. The van der Waals surface area contributed by atoms with Crippen molar-refractivity contribution in [1.29, 1.82) is 0 Å². The number of thioether (sulfide) groups is 1. The van der Waals surface area contributed by atoms with Crippen molar-refractivity contribution in [3.05, 3.63) is 30.1 Å². The summed E-state index contributed by atoms with van der Waals surface area (Å²) in [6.07, 6.45) is 6.17. The first-order valence-electron chi connectivity index (χ1n) is 9.62. The van der Waals surface area contributed by atoms with E-state index in [-0.39, 0.29) is 11.2 Å². The zero-order valence-corrected chi connectivity index (χ0v) is 17.4. The van der Waals surface area contributed by atoms with Crippen LogP contribution in [-0.2, 0) is 4.79 Å². The number of hydrogen-bond acceptors (Lipinski definition) is 5. The van der Waals surface area contributed by atoms with E-state index in [0.29, 0.717) is 6.04 Å². The fraction of sp³-hybridized carbons (Fsp3) is 0.550. The zero-order valence-electron chi connectivity index (χ0n) is 16.6. The lowest BCUT2D eigenvalue weighted by molar-refractivity contribution is -0.115. The molecule has 27 heavy (non-hydrogen) atoms. The molecule has 7 heteroatoms. The second-order valence-corrected chi connectivity index (χ2v) is 8.69. The molecule has 2 aromatic rings. The molecule has 1 saturated carbocycles. The van der Waals surface area contributed by atoms with Crippen molar-refractivity contribution in [3.63, 3.8) is 0 Å². The molecule has 6 nitrogen and oxygen atoms in total. The van der Waals surface area contributed by atoms with Gasteiger partial charge in [0.25, 0.3) is 0 Å². The minimum absolute atomic E-state index is 0.0200. The monoisotopic (exact) mass is 387 g/mol. The quantitative estimate of drug-likeness (QED) is 0.750. The van der Waals surface area contributed by atoms with E-state index in [1.54, 1.807) is 0 Å². The van der Waals surface area contributed by atoms with Crippen LogP contribution < -0.4 is 10.2 Å². The van der Waals surface area contributed by atoms with Gasteiger partial charge >= 0.3 is 0 Å². The van der Waals surface area contributed by atoms with Crippen LogP contribution in [0.15, 0.2) is 29.4 Å². The van der Waals surface area contributed by atoms with Gasteiger partial charge in [0.05, 0.1) is 5.25 Å². The maximum absolute atomic E-state index is 12.6. The van der Waals surface area contributed by atoms with Crippen LogP contribution in [0, 0.1) is 6.92 Å². The number of carbonyl (C=O) groups excluding carboxylic acids is 1. The first kappa shape index (κ1) is 19.7. The van der Waals surface area contributed by atoms with E-state index in [2.05, 4.69) is 20.1 Å². The molecule has 1 heterocycles. The highest BCUT2D eigenvalue weighted by atomic mass is 32.2. The van der Waals surface area contributed by atoms with Crippen LogP contribution in [0.25, 0.3) is 0 Å². The maximum Gasteiger partial charge on any atom is 0.237 e. The molecule has 0 saturated heterocycles. The normalized spacial score (nSPS) is 16.1. The number of rotatable bonds is 6. The van der Waals surface area contributed by atoms with Gasteiger partial charge in [-0.05, 0) is 51.0 Å². The number of amides is 1. The number of hydrogen-bond donors (Lipinski definition) is 1. The predicted octanol–water partition coefficient (Wildman–Crippen LogP) is 4.28. The molecule has 1 aromatic heterocycles. The fourth-order valence-electron chi connectivity index (χ4n) is 3.49. The maximum atomic E-state index is 12.6. The Morgan fingerprint density at radius 1 is 1.19 bits per heavy atom. The van der Waals surface area contributed by atoms with Crippen molar-refractivity contribution < 1.29 is 4.79 Å². The average molecular weight is 388 g/mol. The van der Waals surface area contributed by atoms with E-state index < -0.39 is 0 Å². The van der Waals surface area contributed by atoms with Gasteiger partial charge in [0.2, 0.25) is 5.91 Å². The molecule has 1 atom stereocenters. The van der Waals surface area contributed by atoms with E-state index in [0.717, 1.165) is 22.4 Å². The van der Waals surface area contributed by atoms with E-state index in [1.807, 2.05) is 57.1 Å². The molecule has 1 aliphatic carbocycles. The minimum atomic E-state index is -0.246. The van der Waals surface area contributed by atoms with Gasteiger partial charge in [-0.25, -0.2) is 0 Å². The molecule has 1 aliphatic rings. The van der Waals surface area contributed by atoms with Gasteiger partial charge in [-0.2, -0.15) is 0 Å². The van der Waals surface area contributed by atoms with Crippen LogP contribution in [0.1, 0.15) is 50.9 Å². The summed E-state index contributed by atoms with van der Waals surface area (Å²) in [4.78, 5) is 14.7. The van der Waals surface area contributed by atoms with Crippen LogP contribution >= 0.6 is 11.8 Å². The van der Waals surface area contributed by atoms with Crippen LogP contribution in [0.2, 0.25) is 0 Å². The lowest BCUT2D eigenvalue weighted by atomic mass is 9.95. The third-order valence-electron chi connectivity index (χ3n) is 5.08. The summed E-state index contributed by atoms with van der Waals surface area (Å²) in [6, 6.07) is 8.32. The molecule has 0 aliphatic heterocycles. The van der Waals surface area contributed by atoms with Crippen molar-refractivity contribution in [2.75, 3.05) is 24.3 Å². The Morgan fingerprint density at radius 3 is 2.48 bits per heavy atom. The number of aryl methyl sites for hydroxylation is 1. The predicted molar refractivity (Wildman–Crippen MR) is 112 cm³/mol. The van der Waals surface area contributed by atoms with Gasteiger partial charge in [0.15, 0.2) is 5.16 Å². The van der Waals surface area contributed by atoms with Crippen LogP contribution in [0.4, 0.5) is 11.4 Å². The van der Waals surface area contributed by atoms with E-state index >= 15 is 0 Å². The van der Waals surface area contributed by atoms with E-state index in [4.69, 9.17) is 0 Å². The molecule has 1 N–H and O–H groups in total. The second-order valence-electron chi connectivity index (χ2n) is 7.38. The average Bonchev–Trinajstić information content (AvgIpc) is 3.03. The van der Waals surface area contributed by atoms with Gasteiger partial charge in [-0.15, -0.1) is 10.2 Å². The van der Waals surface area contributed by atoms with Gasteiger partial charge in [-0.3, -0.25) is 4.79 Å². The standard InChI is InChI=1S/C20H29N5OS/c1-14(19(26)21-16-10-12-17(13-11-16)24(3)4)27-20-23-22-15(2)25(20)18-8-6-5-7-9-18/h10-14,18H,5-9H2,1-4H3,(H,21,26). The Morgan fingerprint density at radius 2 is 1.85 bits per heavy atom. The van der Waals surface area contributed by atoms with Gasteiger partial charge in [-0.1, -0.05) is 31.0 Å². The van der Waals surface area contributed by atoms with E-state index in [9.17, 15) is 4.79 Å². The van der Waals surface area contributed by atoms with Crippen molar-refractivity contribution >= 4 is 29.0 Å². The van der Waals surface area contributed by atoms with Crippen LogP contribution in [0.5, 0.6) is 0 Å². The highest BCUT2D eigenvalue weighted by molar-refractivity contribution is 8.00. The van der Waals surface area contributed by atoms with Crippen LogP contribution in [0.3, 0.4) is 0 Å². The number of aromatic nitrogens is 3. The summed E-state index contributed by atoms with van der Waals surface area (Å²) in [7, 11) is 3.99. The Balaban J connectivity index is 1.64. The molecular weight excluding hydrogens is 358 g/mol. The summed E-state index contributed by atoms with van der Waals surface area (Å²) in [5, 5.41) is 12.2. The van der Waals surface area contributed by atoms with Crippen molar-refractivity contribution in [2.24, 2.45) is 0 Å². The topological polar surface area (TPSA) is 63.1 Å². The highest BCUT2D eigenvalue weighted by Crippen LogP contribution is 2.33. The Hall–Kier alpha value is -2.02. The summed E-state index contributed by atoms with van der Waals surface area (Å²) in [5.41, 5.74) is 1.91. The summed E-state index contributed by atoms with van der Waals surface area (Å²) in [6.45, 7) is 3.92. The number of nitrogens with zero attached hydrogens (tertiary/aromatic N) is 4. The van der Waals surface area contributed by atoms with Crippen molar-refractivity contribution in [1.82, 2.24) is 14.8 Å². The van der Waals surface area contributed by atoms with Crippen LogP contribution in [-0.4, -0.2) is 40.0 Å². The third kappa shape index (κ3) is 4.83. The minimum Gasteiger partial charge on any atom is -0.378 e. The van der Waals surface area contributed by atoms with Crippen molar-refractivity contribution in [2.45, 2.75) is 62.4 Å². The molecule has 1 aromatic carbocycles. The molecule has 0 spiro atoms. The molecule has 1 amide bonds. The lowest BCUT2D eigenvalue weighted by Crippen LogP contribution is -2.23. The Labute approximate surface area is 165 Å². The number of carbonyl (C=O) groups is 1. The third-order valence-corrected chi connectivity index (χ3v) is 6.13.